The zero-order chi connectivity index (χ0) is 13.4. The summed E-state index contributed by atoms with van der Waals surface area (Å²) in [5, 5.41) is 0.734. The lowest BCUT2D eigenvalue weighted by Gasteiger charge is -2.55. The van der Waals surface area contributed by atoms with Gasteiger partial charge in [0.2, 0.25) is 0 Å². The summed E-state index contributed by atoms with van der Waals surface area (Å²) >= 11 is 4.22. The smallest absolute Gasteiger partial charge is 0.0430 e. The van der Waals surface area contributed by atoms with Crippen LogP contribution >= 0.6 is 23.5 Å². The molecule has 18 heavy (non-hydrogen) atoms. The molecule has 2 nitrogen and oxygen atoms in total. The van der Waals surface area contributed by atoms with Gasteiger partial charge in [-0.05, 0) is 24.5 Å². The molecule has 0 bridgehead atoms. The zero-order valence-electron chi connectivity index (χ0n) is 12.2. The van der Waals surface area contributed by atoms with Crippen molar-refractivity contribution in [3.8, 4) is 0 Å². The average Bonchev–Trinajstić information content (AvgIpc) is 2.31. The quantitative estimate of drug-likeness (QED) is 0.846. The van der Waals surface area contributed by atoms with E-state index in [9.17, 15) is 0 Å². The first-order valence-corrected chi connectivity index (χ1v) is 9.27. The molecule has 0 spiro atoms. The molecule has 0 aliphatic carbocycles. The van der Waals surface area contributed by atoms with E-state index >= 15 is 0 Å². The van der Waals surface area contributed by atoms with Crippen LogP contribution in [0, 0.1) is 5.41 Å². The molecular weight excluding hydrogens is 260 g/mol. The van der Waals surface area contributed by atoms with E-state index in [2.05, 4.69) is 56.1 Å². The first-order chi connectivity index (χ1) is 8.40. The first kappa shape index (κ1) is 15.0. The molecule has 2 saturated heterocycles. The van der Waals surface area contributed by atoms with Crippen molar-refractivity contribution in [3.05, 3.63) is 0 Å². The fraction of sp³-hybridized carbons (Fsp3) is 1.00. The summed E-state index contributed by atoms with van der Waals surface area (Å²) < 4.78 is 0. The topological polar surface area (TPSA) is 29.3 Å². The van der Waals surface area contributed by atoms with Gasteiger partial charge in [0.1, 0.15) is 0 Å². The number of nitrogens with two attached hydrogens (primary N) is 1. The van der Waals surface area contributed by atoms with Gasteiger partial charge in [-0.2, -0.15) is 23.5 Å². The van der Waals surface area contributed by atoms with E-state index in [1.54, 1.807) is 0 Å². The Morgan fingerprint density at radius 3 is 2.61 bits per heavy atom. The highest BCUT2D eigenvalue weighted by molar-refractivity contribution is 8.00. The van der Waals surface area contributed by atoms with E-state index in [-0.39, 0.29) is 5.54 Å². The van der Waals surface area contributed by atoms with Gasteiger partial charge in [0.05, 0.1) is 0 Å². The number of hydrogen-bond acceptors (Lipinski definition) is 4. The Morgan fingerprint density at radius 1 is 1.28 bits per heavy atom. The number of nitrogens with zero attached hydrogens (tertiary/aromatic N) is 1. The standard InChI is InChI=1S/C14H28N2S2/c1-11-12(2)18-6-5-16(11)14(8-15)7-13(3,4)9-17-10-14/h11-12H,5-10,15H2,1-4H3. The Kier molecular flexibility index (Phi) is 4.63. The molecule has 0 aromatic carbocycles. The van der Waals surface area contributed by atoms with E-state index in [1.165, 1.54) is 30.2 Å². The second-order valence-corrected chi connectivity index (χ2v) is 9.24. The maximum atomic E-state index is 6.24. The highest BCUT2D eigenvalue weighted by atomic mass is 32.2. The van der Waals surface area contributed by atoms with Gasteiger partial charge in [0.25, 0.3) is 0 Å². The zero-order valence-corrected chi connectivity index (χ0v) is 13.9. The summed E-state index contributed by atoms with van der Waals surface area (Å²) in [4.78, 5) is 2.74. The summed E-state index contributed by atoms with van der Waals surface area (Å²) in [5.74, 6) is 3.76. The van der Waals surface area contributed by atoms with Crippen LogP contribution in [0.25, 0.3) is 0 Å². The molecule has 106 valence electrons. The van der Waals surface area contributed by atoms with Crippen molar-refractivity contribution >= 4 is 23.5 Å². The lowest BCUT2D eigenvalue weighted by Crippen LogP contribution is -2.65. The van der Waals surface area contributed by atoms with E-state index in [0.29, 0.717) is 11.5 Å². The summed E-state index contributed by atoms with van der Waals surface area (Å²) in [7, 11) is 0. The average molecular weight is 289 g/mol. The number of hydrogen-bond donors (Lipinski definition) is 1. The van der Waals surface area contributed by atoms with Gasteiger partial charge in [-0.15, -0.1) is 0 Å². The van der Waals surface area contributed by atoms with Crippen molar-refractivity contribution in [2.45, 2.75) is 50.9 Å². The second kappa shape index (κ2) is 5.55. The van der Waals surface area contributed by atoms with Gasteiger partial charge in [-0.3, -0.25) is 4.90 Å². The van der Waals surface area contributed by atoms with Gasteiger partial charge in [0, 0.05) is 41.4 Å². The summed E-state index contributed by atoms with van der Waals surface area (Å²) in [6.07, 6.45) is 1.26. The van der Waals surface area contributed by atoms with Gasteiger partial charge in [-0.25, -0.2) is 0 Å². The Morgan fingerprint density at radius 2 is 2.00 bits per heavy atom. The van der Waals surface area contributed by atoms with Crippen molar-refractivity contribution in [2.24, 2.45) is 11.1 Å². The van der Waals surface area contributed by atoms with Crippen molar-refractivity contribution < 1.29 is 0 Å². The van der Waals surface area contributed by atoms with Crippen molar-refractivity contribution in [2.75, 3.05) is 30.3 Å². The van der Waals surface area contributed by atoms with Crippen LogP contribution in [0.5, 0.6) is 0 Å². The molecule has 0 aromatic rings. The van der Waals surface area contributed by atoms with E-state index in [1.807, 2.05) is 0 Å². The van der Waals surface area contributed by atoms with E-state index in [4.69, 9.17) is 5.73 Å². The molecule has 0 radical (unpaired) electrons. The van der Waals surface area contributed by atoms with Crippen LogP contribution in [-0.2, 0) is 0 Å². The largest absolute Gasteiger partial charge is 0.329 e. The summed E-state index contributed by atoms with van der Waals surface area (Å²) in [5.41, 5.74) is 6.90. The molecule has 2 heterocycles. The van der Waals surface area contributed by atoms with Gasteiger partial charge in [-0.1, -0.05) is 20.8 Å². The minimum atomic E-state index is 0.237. The fourth-order valence-corrected chi connectivity index (χ4v) is 6.17. The Bertz CT molecular complexity index is 296. The van der Waals surface area contributed by atoms with Gasteiger partial charge in [0.15, 0.2) is 0 Å². The minimum absolute atomic E-state index is 0.237. The van der Waals surface area contributed by atoms with Crippen LogP contribution in [0.4, 0.5) is 0 Å². The van der Waals surface area contributed by atoms with Crippen LogP contribution in [0.2, 0.25) is 0 Å². The van der Waals surface area contributed by atoms with Crippen LogP contribution in [0.15, 0.2) is 0 Å². The lowest BCUT2D eigenvalue weighted by atomic mass is 9.78. The monoisotopic (exact) mass is 288 g/mol. The molecule has 3 atom stereocenters. The highest BCUT2D eigenvalue weighted by Gasteiger charge is 2.46. The van der Waals surface area contributed by atoms with E-state index < -0.39 is 0 Å². The molecular formula is C14H28N2S2. The number of thioether (sulfide) groups is 2. The molecule has 0 amide bonds. The summed E-state index contributed by atoms with van der Waals surface area (Å²) in [6.45, 7) is 11.6. The minimum Gasteiger partial charge on any atom is -0.329 e. The molecule has 2 aliphatic heterocycles. The molecule has 4 heteroatoms. The molecule has 3 unspecified atom stereocenters. The molecule has 0 aromatic heterocycles. The van der Waals surface area contributed by atoms with Crippen molar-refractivity contribution in [3.63, 3.8) is 0 Å². The third-order valence-electron chi connectivity index (χ3n) is 4.54. The molecule has 2 N–H and O–H groups in total. The highest BCUT2D eigenvalue weighted by Crippen LogP contribution is 2.44. The number of rotatable bonds is 2. The third kappa shape index (κ3) is 2.87. The van der Waals surface area contributed by atoms with Crippen LogP contribution < -0.4 is 5.73 Å². The SMILES string of the molecule is CC1SCCN(C2(CN)CSCC(C)(C)C2)C1C. The Balaban J connectivity index is 2.20. The molecule has 2 rings (SSSR count). The first-order valence-electron chi connectivity index (χ1n) is 7.06. The predicted molar refractivity (Wildman–Crippen MR) is 85.6 cm³/mol. The molecule has 0 saturated carbocycles. The Hall–Kier alpha value is 0.620. The maximum absolute atomic E-state index is 6.24. The summed E-state index contributed by atoms with van der Waals surface area (Å²) in [6, 6.07) is 0.654. The fourth-order valence-electron chi connectivity index (χ4n) is 3.55. The van der Waals surface area contributed by atoms with Crippen LogP contribution in [-0.4, -0.2) is 52.1 Å². The van der Waals surface area contributed by atoms with Gasteiger partial charge >= 0.3 is 0 Å². The maximum Gasteiger partial charge on any atom is 0.0430 e. The molecule has 2 aliphatic rings. The normalized spacial score (nSPS) is 41.8. The van der Waals surface area contributed by atoms with Crippen LogP contribution in [0.3, 0.4) is 0 Å². The van der Waals surface area contributed by atoms with E-state index in [0.717, 1.165) is 11.8 Å². The Labute approximate surface area is 121 Å². The third-order valence-corrected chi connectivity index (χ3v) is 7.61. The van der Waals surface area contributed by atoms with Crippen molar-refractivity contribution in [1.29, 1.82) is 0 Å². The predicted octanol–water partition coefficient (Wildman–Crippen LogP) is 2.67. The second-order valence-electron chi connectivity index (χ2n) is 6.77. The van der Waals surface area contributed by atoms with Crippen LogP contribution in [0.1, 0.15) is 34.1 Å². The lowest BCUT2D eigenvalue weighted by molar-refractivity contribution is 0.0385. The van der Waals surface area contributed by atoms with Crippen molar-refractivity contribution in [1.82, 2.24) is 4.90 Å². The molecule has 2 fully saturated rings. The van der Waals surface area contributed by atoms with Gasteiger partial charge < -0.3 is 5.73 Å².